The van der Waals surface area contributed by atoms with Crippen LogP contribution >= 0.6 is 0 Å². The van der Waals surface area contributed by atoms with E-state index in [0.29, 0.717) is 18.0 Å². The minimum atomic E-state index is 0.396. The lowest BCUT2D eigenvalue weighted by molar-refractivity contribution is 0.237. The van der Waals surface area contributed by atoms with E-state index in [1.165, 1.54) is 0 Å². The van der Waals surface area contributed by atoms with E-state index in [2.05, 4.69) is 49.8 Å². The molecule has 0 radical (unpaired) electrons. The summed E-state index contributed by atoms with van der Waals surface area (Å²) in [5, 5.41) is 3.17. The molecule has 0 unspecified atom stereocenters. The average Bonchev–Trinajstić information content (AvgIpc) is 2.27. The van der Waals surface area contributed by atoms with Crippen LogP contribution in [0.5, 0.6) is 0 Å². The number of aliphatic imine (C=N–C) groups is 1. The Balaban J connectivity index is 4.04. The number of nitrogens with zero attached hydrogens (tertiary/aromatic N) is 2. The van der Waals surface area contributed by atoms with Crippen LogP contribution in [0.1, 0.15) is 41.0 Å². The number of hydrogen-bond acceptors (Lipinski definition) is 2. The topological polar surface area (TPSA) is 53.6 Å². The third-order valence-electron chi connectivity index (χ3n) is 2.97. The van der Waals surface area contributed by atoms with Gasteiger partial charge in [0, 0.05) is 12.1 Å². The molecular formula is C12H28N4. The highest BCUT2D eigenvalue weighted by Crippen LogP contribution is 1.98. The van der Waals surface area contributed by atoms with Crippen LogP contribution in [0, 0.1) is 0 Å². The van der Waals surface area contributed by atoms with E-state index in [1.807, 2.05) is 0 Å². The molecule has 0 rings (SSSR count). The number of guanidine groups is 1. The van der Waals surface area contributed by atoms with Crippen LogP contribution in [0.4, 0.5) is 0 Å². The van der Waals surface area contributed by atoms with Crippen molar-refractivity contribution in [2.45, 2.75) is 53.1 Å². The minimum absolute atomic E-state index is 0.396. The molecule has 2 atom stereocenters. The van der Waals surface area contributed by atoms with Gasteiger partial charge in [-0.15, -0.1) is 0 Å². The zero-order valence-electron chi connectivity index (χ0n) is 11.5. The fourth-order valence-electron chi connectivity index (χ4n) is 1.59. The van der Waals surface area contributed by atoms with Crippen LogP contribution in [0.25, 0.3) is 0 Å². The number of likely N-dealkylation sites (N-methyl/N-ethyl adjacent to an activating group) is 1. The summed E-state index contributed by atoms with van der Waals surface area (Å²) in [4.78, 5) is 6.75. The Kier molecular flexibility index (Phi) is 7.99. The molecule has 4 nitrogen and oxygen atoms in total. The van der Waals surface area contributed by atoms with E-state index in [0.717, 1.165) is 26.1 Å². The van der Waals surface area contributed by atoms with Crippen LogP contribution in [-0.2, 0) is 0 Å². The molecular weight excluding hydrogens is 200 g/mol. The van der Waals surface area contributed by atoms with E-state index in [-0.39, 0.29) is 0 Å². The van der Waals surface area contributed by atoms with E-state index in [4.69, 9.17) is 5.73 Å². The Bertz CT molecular complexity index is 199. The van der Waals surface area contributed by atoms with Crippen LogP contribution in [0.2, 0.25) is 0 Å². The van der Waals surface area contributed by atoms with Gasteiger partial charge in [-0.1, -0.05) is 20.8 Å². The van der Waals surface area contributed by atoms with Gasteiger partial charge < -0.3 is 11.1 Å². The molecule has 0 aromatic heterocycles. The quantitative estimate of drug-likeness (QED) is 0.512. The Morgan fingerprint density at radius 3 is 2.25 bits per heavy atom. The summed E-state index contributed by atoms with van der Waals surface area (Å²) in [6.07, 6.45) is 1.06. The maximum atomic E-state index is 5.80. The molecule has 0 aromatic carbocycles. The smallest absolute Gasteiger partial charge is 0.188 e. The molecule has 0 amide bonds. The standard InChI is InChI=1S/C12H28N4/c1-6-10(4)15-12(13)14-9-11(5)16(7-2)8-3/h10-11H,6-9H2,1-5H3,(H3,13,14,15)/t10-,11+/m1/s1. The van der Waals surface area contributed by atoms with Gasteiger partial charge in [0.2, 0.25) is 0 Å². The highest BCUT2D eigenvalue weighted by Gasteiger charge is 2.09. The van der Waals surface area contributed by atoms with Crippen molar-refractivity contribution in [3.8, 4) is 0 Å². The van der Waals surface area contributed by atoms with Gasteiger partial charge in [-0.3, -0.25) is 9.89 Å². The van der Waals surface area contributed by atoms with Crippen molar-refractivity contribution in [3.05, 3.63) is 0 Å². The lowest BCUT2D eigenvalue weighted by Crippen LogP contribution is -2.40. The van der Waals surface area contributed by atoms with Crippen LogP contribution < -0.4 is 11.1 Å². The third-order valence-corrected chi connectivity index (χ3v) is 2.97. The highest BCUT2D eigenvalue weighted by atomic mass is 15.2. The van der Waals surface area contributed by atoms with Gasteiger partial charge >= 0.3 is 0 Å². The van der Waals surface area contributed by atoms with E-state index >= 15 is 0 Å². The normalized spacial score (nSPS) is 16.2. The summed E-state index contributed by atoms with van der Waals surface area (Å²) < 4.78 is 0. The molecule has 0 aliphatic carbocycles. The predicted octanol–water partition coefficient (Wildman–Crippen LogP) is 1.42. The van der Waals surface area contributed by atoms with Crippen molar-refractivity contribution in [1.29, 1.82) is 0 Å². The molecule has 0 saturated heterocycles. The van der Waals surface area contributed by atoms with E-state index in [1.54, 1.807) is 0 Å². The summed E-state index contributed by atoms with van der Waals surface area (Å²) >= 11 is 0. The van der Waals surface area contributed by atoms with Gasteiger partial charge in [0.05, 0.1) is 6.54 Å². The second kappa shape index (κ2) is 8.39. The van der Waals surface area contributed by atoms with E-state index in [9.17, 15) is 0 Å². The van der Waals surface area contributed by atoms with Crippen LogP contribution in [-0.4, -0.2) is 42.6 Å². The Hall–Kier alpha value is -0.770. The molecule has 4 heteroatoms. The summed E-state index contributed by atoms with van der Waals surface area (Å²) in [5.74, 6) is 0.563. The van der Waals surface area contributed by atoms with Gasteiger partial charge in [-0.2, -0.15) is 0 Å². The molecule has 0 aromatic rings. The van der Waals surface area contributed by atoms with E-state index < -0.39 is 0 Å². The minimum Gasteiger partial charge on any atom is -0.370 e. The first-order chi connectivity index (χ1) is 7.54. The summed E-state index contributed by atoms with van der Waals surface area (Å²) in [7, 11) is 0. The highest BCUT2D eigenvalue weighted by molar-refractivity contribution is 5.78. The monoisotopic (exact) mass is 228 g/mol. The Morgan fingerprint density at radius 2 is 1.81 bits per heavy atom. The first-order valence-corrected chi connectivity index (χ1v) is 6.35. The molecule has 96 valence electrons. The van der Waals surface area contributed by atoms with Crippen molar-refractivity contribution in [2.24, 2.45) is 10.7 Å². The van der Waals surface area contributed by atoms with Gasteiger partial charge in [0.25, 0.3) is 0 Å². The Morgan fingerprint density at radius 1 is 1.25 bits per heavy atom. The molecule has 0 fully saturated rings. The third kappa shape index (κ3) is 5.95. The number of rotatable bonds is 7. The van der Waals surface area contributed by atoms with Crippen molar-refractivity contribution >= 4 is 5.96 Å². The number of nitrogens with two attached hydrogens (primary N) is 1. The van der Waals surface area contributed by atoms with Gasteiger partial charge in [-0.05, 0) is 33.4 Å². The van der Waals surface area contributed by atoms with Gasteiger partial charge in [-0.25, -0.2) is 0 Å². The first kappa shape index (κ1) is 15.2. The SMILES string of the molecule is CC[C@@H](C)NC(N)=NC[C@H](C)N(CC)CC. The summed E-state index contributed by atoms with van der Waals surface area (Å²) in [5.41, 5.74) is 5.80. The molecule has 0 bridgehead atoms. The molecule has 0 heterocycles. The zero-order chi connectivity index (χ0) is 12.6. The zero-order valence-corrected chi connectivity index (χ0v) is 11.5. The molecule has 3 N–H and O–H groups in total. The fourth-order valence-corrected chi connectivity index (χ4v) is 1.59. The number of nitrogens with one attached hydrogen (secondary N) is 1. The first-order valence-electron chi connectivity index (χ1n) is 6.35. The maximum absolute atomic E-state index is 5.80. The van der Waals surface area contributed by atoms with Crippen molar-refractivity contribution < 1.29 is 0 Å². The fraction of sp³-hybridized carbons (Fsp3) is 0.917. The second-order valence-corrected chi connectivity index (χ2v) is 4.25. The lowest BCUT2D eigenvalue weighted by Gasteiger charge is -2.25. The van der Waals surface area contributed by atoms with Crippen molar-refractivity contribution in [2.75, 3.05) is 19.6 Å². The average molecular weight is 228 g/mol. The van der Waals surface area contributed by atoms with Gasteiger partial charge in [0.1, 0.15) is 0 Å². The van der Waals surface area contributed by atoms with Crippen molar-refractivity contribution in [3.63, 3.8) is 0 Å². The van der Waals surface area contributed by atoms with Crippen molar-refractivity contribution in [1.82, 2.24) is 10.2 Å². The predicted molar refractivity (Wildman–Crippen MR) is 71.8 cm³/mol. The number of hydrogen-bond donors (Lipinski definition) is 2. The largest absolute Gasteiger partial charge is 0.370 e. The van der Waals surface area contributed by atoms with Crippen LogP contribution in [0.3, 0.4) is 0 Å². The summed E-state index contributed by atoms with van der Waals surface area (Å²) in [6.45, 7) is 13.6. The second-order valence-electron chi connectivity index (χ2n) is 4.25. The van der Waals surface area contributed by atoms with Crippen LogP contribution in [0.15, 0.2) is 4.99 Å². The molecule has 0 aliphatic rings. The lowest BCUT2D eigenvalue weighted by atomic mass is 10.2. The molecule has 0 spiro atoms. The summed E-state index contributed by atoms with van der Waals surface area (Å²) in [6, 6.07) is 0.847. The molecule has 16 heavy (non-hydrogen) atoms. The Labute approximate surface area is 100 Å². The molecule has 0 saturated carbocycles. The van der Waals surface area contributed by atoms with Gasteiger partial charge in [0.15, 0.2) is 5.96 Å². The maximum Gasteiger partial charge on any atom is 0.188 e. The molecule has 0 aliphatic heterocycles.